The molecule has 90 valence electrons. The third-order valence-electron chi connectivity index (χ3n) is 2.15. The van der Waals surface area contributed by atoms with Crippen LogP contribution in [0, 0.1) is 0 Å². The van der Waals surface area contributed by atoms with Crippen molar-refractivity contribution in [3.63, 3.8) is 0 Å². The molecule has 0 N–H and O–H groups in total. The van der Waals surface area contributed by atoms with E-state index in [-0.39, 0.29) is 5.73 Å². The van der Waals surface area contributed by atoms with Crippen LogP contribution in [0.15, 0.2) is 12.2 Å². The van der Waals surface area contributed by atoms with Crippen molar-refractivity contribution in [2.45, 2.75) is 26.0 Å². The molecule has 0 aromatic carbocycles. The van der Waals surface area contributed by atoms with Crippen molar-refractivity contribution in [3.8, 4) is 0 Å². The van der Waals surface area contributed by atoms with Crippen molar-refractivity contribution < 1.29 is 18.0 Å². The summed E-state index contributed by atoms with van der Waals surface area (Å²) in [6.45, 7) is 8.23. The molecule has 0 spiro atoms. The first-order chi connectivity index (χ1) is 7.06. The Kier molecular flexibility index (Phi) is 7.04. The first-order valence-electron chi connectivity index (χ1n) is 4.97. The zero-order valence-electron chi connectivity index (χ0n) is 10.3. The van der Waals surface area contributed by atoms with Crippen molar-refractivity contribution in [3.05, 3.63) is 12.2 Å². The van der Waals surface area contributed by atoms with Crippen LogP contribution in [0.2, 0.25) is 0 Å². The highest BCUT2D eigenvalue weighted by Crippen LogP contribution is 2.18. The van der Waals surface area contributed by atoms with Gasteiger partial charge in [-0.15, -0.1) is 0 Å². The highest BCUT2D eigenvalue weighted by molar-refractivity contribution is 6.62. The second kappa shape index (κ2) is 7.13. The Hall–Kier alpha value is -0.203. The average Bonchev–Trinajstić information content (AvgIpc) is 2.24. The maximum atomic E-state index is 5.68. The highest BCUT2D eigenvalue weighted by Gasteiger charge is 2.47. The van der Waals surface area contributed by atoms with E-state index in [1.165, 1.54) is 0 Å². The van der Waals surface area contributed by atoms with Gasteiger partial charge in [0, 0.05) is 21.3 Å². The minimum absolute atomic E-state index is 0.144. The molecule has 15 heavy (non-hydrogen) atoms. The van der Waals surface area contributed by atoms with Gasteiger partial charge in [-0.1, -0.05) is 19.1 Å². The van der Waals surface area contributed by atoms with E-state index in [0.717, 1.165) is 12.0 Å². The van der Waals surface area contributed by atoms with Crippen molar-refractivity contribution in [1.82, 2.24) is 0 Å². The molecular weight excluding hydrogens is 212 g/mol. The van der Waals surface area contributed by atoms with E-state index < -0.39 is 8.80 Å². The summed E-state index contributed by atoms with van der Waals surface area (Å²) in [6.07, 6.45) is 0.787. The second-order valence-corrected chi connectivity index (χ2v) is 6.46. The van der Waals surface area contributed by atoms with E-state index in [9.17, 15) is 0 Å². The molecule has 1 atom stereocenters. The van der Waals surface area contributed by atoms with Crippen LogP contribution in [0.25, 0.3) is 0 Å². The summed E-state index contributed by atoms with van der Waals surface area (Å²) in [5.41, 5.74) is 0.828. The predicted molar refractivity (Wildman–Crippen MR) is 61.6 cm³/mol. The molecule has 5 heteroatoms. The monoisotopic (exact) mass is 234 g/mol. The van der Waals surface area contributed by atoms with Gasteiger partial charge < -0.3 is 18.0 Å². The minimum atomic E-state index is -2.68. The van der Waals surface area contributed by atoms with Gasteiger partial charge in [-0.2, -0.15) is 0 Å². The van der Waals surface area contributed by atoms with E-state index in [4.69, 9.17) is 18.0 Å². The van der Waals surface area contributed by atoms with Crippen molar-refractivity contribution in [2.75, 3.05) is 27.9 Å². The predicted octanol–water partition coefficient (Wildman–Crippen LogP) is 1.77. The standard InChI is InChI=1S/C10H22O4Si/c1-7-10(14-8-9(2)3)15(11-4,12-5)13-6/h10H,2,7-8H2,1,3-6H3. The Morgan fingerprint density at radius 2 is 1.67 bits per heavy atom. The fraction of sp³-hybridized carbons (Fsp3) is 0.800. The molecule has 0 radical (unpaired) electrons. The lowest BCUT2D eigenvalue weighted by Crippen LogP contribution is -2.55. The van der Waals surface area contributed by atoms with Gasteiger partial charge in [-0.05, 0) is 13.3 Å². The Bertz CT molecular complexity index is 184. The molecule has 0 heterocycles. The van der Waals surface area contributed by atoms with E-state index in [2.05, 4.69) is 6.58 Å². The van der Waals surface area contributed by atoms with Gasteiger partial charge in [-0.3, -0.25) is 0 Å². The lowest BCUT2D eigenvalue weighted by atomic mass is 10.4. The molecule has 0 saturated carbocycles. The van der Waals surface area contributed by atoms with Gasteiger partial charge in [-0.25, -0.2) is 0 Å². The lowest BCUT2D eigenvalue weighted by Gasteiger charge is -2.31. The first kappa shape index (κ1) is 14.8. The molecule has 0 rings (SSSR count). The Balaban J connectivity index is 4.51. The number of ether oxygens (including phenoxy) is 1. The van der Waals surface area contributed by atoms with Gasteiger partial charge in [0.15, 0.2) is 0 Å². The quantitative estimate of drug-likeness (QED) is 0.474. The third-order valence-corrected chi connectivity index (χ3v) is 5.22. The minimum Gasteiger partial charge on any atom is -0.375 e. The topological polar surface area (TPSA) is 36.9 Å². The molecule has 0 bridgehead atoms. The molecule has 0 aromatic heterocycles. The summed E-state index contributed by atoms with van der Waals surface area (Å²) in [5, 5.41) is 0. The molecule has 0 aromatic rings. The summed E-state index contributed by atoms with van der Waals surface area (Å²) < 4.78 is 21.8. The van der Waals surface area contributed by atoms with Crippen molar-refractivity contribution >= 4 is 8.80 Å². The van der Waals surface area contributed by atoms with Crippen molar-refractivity contribution in [2.24, 2.45) is 0 Å². The molecule has 0 fully saturated rings. The van der Waals surface area contributed by atoms with Crippen LogP contribution in [0.5, 0.6) is 0 Å². The maximum Gasteiger partial charge on any atom is 0.530 e. The molecule has 0 amide bonds. The molecule has 0 saturated heterocycles. The summed E-state index contributed by atoms with van der Waals surface area (Å²) in [4.78, 5) is 0. The van der Waals surface area contributed by atoms with Gasteiger partial charge in [0.25, 0.3) is 0 Å². The van der Waals surface area contributed by atoms with Crippen LogP contribution in [-0.2, 0) is 18.0 Å². The van der Waals surface area contributed by atoms with Crippen LogP contribution in [0.1, 0.15) is 20.3 Å². The van der Waals surface area contributed by atoms with Crippen LogP contribution in [-0.4, -0.2) is 42.5 Å². The summed E-state index contributed by atoms with van der Waals surface area (Å²) in [7, 11) is 2.09. The number of hydrogen-bond acceptors (Lipinski definition) is 4. The van der Waals surface area contributed by atoms with E-state index in [1.807, 2.05) is 13.8 Å². The fourth-order valence-corrected chi connectivity index (χ4v) is 3.43. The zero-order chi connectivity index (χ0) is 11.9. The zero-order valence-corrected chi connectivity index (χ0v) is 11.3. The molecule has 0 aliphatic carbocycles. The van der Waals surface area contributed by atoms with Gasteiger partial charge in [0.05, 0.1) is 6.61 Å². The third kappa shape index (κ3) is 4.04. The van der Waals surface area contributed by atoms with Crippen molar-refractivity contribution in [1.29, 1.82) is 0 Å². The second-order valence-electron chi connectivity index (χ2n) is 3.38. The maximum absolute atomic E-state index is 5.68. The van der Waals surface area contributed by atoms with Crippen LogP contribution in [0.4, 0.5) is 0 Å². The van der Waals surface area contributed by atoms with E-state index in [1.54, 1.807) is 21.3 Å². The number of rotatable bonds is 8. The molecule has 1 unspecified atom stereocenters. The summed E-state index contributed by atoms with van der Waals surface area (Å²) >= 11 is 0. The van der Waals surface area contributed by atoms with Gasteiger partial charge in [0.1, 0.15) is 5.73 Å². The summed E-state index contributed by atoms with van der Waals surface area (Å²) in [6, 6.07) is 0. The van der Waals surface area contributed by atoms with Gasteiger partial charge >= 0.3 is 8.80 Å². The SMILES string of the molecule is C=C(C)COC(CC)[Si](OC)(OC)OC. The van der Waals surface area contributed by atoms with Crippen LogP contribution < -0.4 is 0 Å². The number of hydrogen-bond donors (Lipinski definition) is 0. The Morgan fingerprint density at radius 3 is 1.93 bits per heavy atom. The molecule has 0 aliphatic heterocycles. The van der Waals surface area contributed by atoms with Crippen LogP contribution in [0.3, 0.4) is 0 Å². The molecule has 0 aliphatic rings. The Labute approximate surface area is 93.5 Å². The smallest absolute Gasteiger partial charge is 0.375 e. The normalized spacial score (nSPS) is 13.9. The highest BCUT2D eigenvalue weighted by atomic mass is 28.4. The van der Waals surface area contributed by atoms with Crippen LogP contribution >= 0.6 is 0 Å². The Morgan fingerprint density at radius 1 is 1.20 bits per heavy atom. The lowest BCUT2D eigenvalue weighted by molar-refractivity contribution is 0.0199. The molecule has 4 nitrogen and oxygen atoms in total. The van der Waals surface area contributed by atoms with E-state index >= 15 is 0 Å². The van der Waals surface area contributed by atoms with E-state index in [0.29, 0.717) is 6.61 Å². The summed E-state index contributed by atoms with van der Waals surface area (Å²) in [5.74, 6) is 0. The average molecular weight is 234 g/mol. The molecular formula is C10H22O4Si. The largest absolute Gasteiger partial charge is 0.530 e. The fourth-order valence-electron chi connectivity index (χ4n) is 1.36. The van der Waals surface area contributed by atoms with Gasteiger partial charge in [0.2, 0.25) is 0 Å². The first-order valence-corrected chi connectivity index (χ1v) is 6.77.